The zero-order valence-electron chi connectivity index (χ0n) is 11.4. The van der Waals surface area contributed by atoms with Gasteiger partial charge in [-0.1, -0.05) is 6.92 Å². The van der Waals surface area contributed by atoms with Crippen molar-refractivity contribution in [3.8, 4) is 0 Å². The topological polar surface area (TPSA) is 95.5 Å². The van der Waals surface area contributed by atoms with E-state index in [1.165, 1.54) is 13.0 Å². The molecule has 1 atom stereocenters. The number of nitrogens with one attached hydrogen (secondary N) is 2. The first-order valence-corrected chi connectivity index (χ1v) is 6.51. The largest absolute Gasteiger partial charge is 0.481 e. The zero-order chi connectivity index (χ0) is 15.6. The number of hydrogen-bond acceptors (Lipinski definition) is 3. The van der Waals surface area contributed by atoms with Crippen LogP contribution in [-0.2, 0) is 16.0 Å². The number of aryl methyl sites for hydroxylation is 1. The molecular formula is C14H15FN2O4. The van der Waals surface area contributed by atoms with Crippen LogP contribution in [-0.4, -0.2) is 29.4 Å². The molecule has 1 aromatic rings. The molecule has 0 saturated carbocycles. The Kier molecular flexibility index (Phi) is 4.21. The molecule has 1 unspecified atom stereocenters. The van der Waals surface area contributed by atoms with Crippen molar-refractivity contribution in [3.05, 3.63) is 29.1 Å². The third kappa shape index (κ3) is 3.36. The Morgan fingerprint density at radius 2 is 2.14 bits per heavy atom. The molecule has 0 aromatic heterocycles. The van der Waals surface area contributed by atoms with Crippen LogP contribution < -0.4 is 10.6 Å². The number of carboxylic acid groups (broad SMARTS) is 1. The van der Waals surface area contributed by atoms with Crippen molar-refractivity contribution in [2.24, 2.45) is 5.92 Å². The van der Waals surface area contributed by atoms with E-state index in [1.807, 2.05) is 0 Å². The lowest BCUT2D eigenvalue weighted by Gasteiger charge is -2.18. The van der Waals surface area contributed by atoms with Crippen LogP contribution >= 0.6 is 0 Å². The predicted molar refractivity (Wildman–Crippen MR) is 72.5 cm³/mol. The van der Waals surface area contributed by atoms with Gasteiger partial charge in [0.25, 0.3) is 5.91 Å². The highest BCUT2D eigenvalue weighted by Crippen LogP contribution is 2.25. The number of rotatable bonds is 4. The van der Waals surface area contributed by atoms with Gasteiger partial charge in [-0.2, -0.15) is 0 Å². The van der Waals surface area contributed by atoms with Crippen molar-refractivity contribution in [3.63, 3.8) is 0 Å². The standard InChI is InChI=1S/C14H15FN2O4/c1-7(14(20)21)6-16-13(19)9-4-8-2-3-12(18)17-11(8)5-10(9)15/h4-5,7H,2-3,6H2,1H3,(H,16,19)(H,17,18)(H,20,21). The Labute approximate surface area is 120 Å². The normalized spacial score (nSPS) is 14.9. The van der Waals surface area contributed by atoms with E-state index in [1.54, 1.807) is 0 Å². The lowest BCUT2D eigenvalue weighted by atomic mass is 9.99. The molecule has 0 saturated heterocycles. The van der Waals surface area contributed by atoms with E-state index in [0.29, 0.717) is 17.7 Å². The Balaban J connectivity index is 2.15. The lowest BCUT2D eigenvalue weighted by Crippen LogP contribution is -2.32. The maximum absolute atomic E-state index is 13.9. The second-order valence-electron chi connectivity index (χ2n) is 4.99. The molecule has 1 aliphatic heterocycles. The number of amides is 2. The van der Waals surface area contributed by atoms with E-state index in [9.17, 15) is 18.8 Å². The fourth-order valence-corrected chi connectivity index (χ4v) is 2.00. The van der Waals surface area contributed by atoms with Gasteiger partial charge in [0.05, 0.1) is 11.5 Å². The minimum absolute atomic E-state index is 0.0819. The monoisotopic (exact) mass is 294 g/mol. The van der Waals surface area contributed by atoms with Gasteiger partial charge in [-0.3, -0.25) is 14.4 Å². The molecule has 0 fully saturated rings. The number of carboxylic acids is 1. The third-order valence-corrected chi connectivity index (χ3v) is 3.32. The summed E-state index contributed by atoms with van der Waals surface area (Å²) in [6.45, 7) is 1.36. The van der Waals surface area contributed by atoms with Crippen LogP contribution in [0.25, 0.3) is 0 Å². The van der Waals surface area contributed by atoms with Gasteiger partial charge in [-0.15, -0.1) is 0 Å². The summed E-state index contributed by atoms with van der Waals surface area (Å²) in [6.07, 6.45) is 0.725. The maximum Gasteiger partial charge on any atom is 0.308 e. The highest BCUT2D eigenvalue weighted by molar-refractivity contribution is 5.98. The number of aliphatic carboxylic acids is 1. The molecule has 1 aliphatic rings. The third-order valence-electron chi connectivity index (χ3n) is 3.32. The second kappa shape index (κ2) is 5.90. The summed E-state index contributed by atoms with van der Waals surface area (Å²) in [5.41, 5.74) is 0.911. The minimum Gasteiger partial charge on any atom is -0.481 e. The van der Waals surface area contributed by atoms with Crippen molar-refractivity contribution < 1.29 is 23.9 Å². The molecule has 0 aliphatic carbocycles. The summed E-state index contributed by atoms with van der Waals surface area (Å²) in [7, 11) is 0. The average Bonchev–Trinajstić information content (AvgIpc) is 2.43. The van der Waals surface area contributed by atoms with Gasteiger partial charge >= 0.3 is 5.97 Å². The fourth-order valence-electron chi connectivity index (χ4n) is 2.00. The lowest BCUT2D eigenvalue weighted by molar-refractivity contribution is -0.140. The van der Waals surface area contributed by atoms with Crippen LogP contribution in [0.1, 0.15) is 29.3 Å². The number of anilines is 1. The minimum atomic E-state index is -1.04. The molecule has 0 radical (unpaired) electrons. The van der Waals surface area contributed by atoms with Crippen LogP contribution in [0.15, 0.2) is 12.1 Å². The summed E-state index contributed by atoms with van der Waals surface area (Å²) in [5.74, 6) is -3.40. The number of fused-ring (bicyclic) bond motifs is 1. The molecule has 0 spiro atoms. The number of carbonyl (C=O) groups is 3. The molecule has 7 heteroatoms. The highest BCUT2D eigenvalue weighted by Gasteiger charge is 2.21. The highest BCUT2D eigenvalue weighted by atomic mass is 19.1. The molecule has 2 rings (SSSR count). The Morgan fingerprint density at radius 1 is 1.43 bits per heavy atom. The van der Waals surface area contributed by atoms with Crippen molar-refractivity contribution >= 4 is 23.5 Å². The van der Waals surface area contributed by atoms with Crippen molar-refractivity contribution in [1.82, 2.24) is 5.32 Å². The second-order valence-corrected chi connectivity index (χ2v) is 4.99. The zero-order valence-corrected chi connectivity index (χ0v) is 11.4. The summed E-state index contributed by atoms with van der Waals surface area (Å²) in [6, 6.07) is 2.51. The Morgan fingerprint density at radius 3 is 2.81 bits per heavy atom. The van der Waals surface area contributed by atoms with Gasteiger partial charge in [0, 0.05) is 18.7 Å². The average molecular weight is 294 g/mol. The number of halogens is 1. The summed E-state index contributed by atoms with van der Waals surface area (Å²) in [5, 5.41) is 13.7. The van der Waals surface area contributed by atoms with Crippen LogP contribution in [0.5, 0.6) is 0 Å². The van der Waals surface area contributed by atoms with Gasteiger partial charge < -0.3 is 15.7 Å². The quantitative estimate of drug-likeness (QED) is 0.776. The SMILES string of the molecule is CC(CNC(=O)c1cc2c(cc1F)NC(=O)CC2)C(=O)O. The van der Waals surface area contributed by atoms with E-state index >= 15 is 0 Å². The van der Waals surface area contributed by atoms with Crippen LogP contribution in [0.3, 0.4) is 0 Å². The van der Waals surface area contributed by atoms with E-state index in [0.717, 1.165) is 6.07 Å². The molecule has 112 valence electrons. The van der Waals surface area contributed by atoms with Crippen LogP contribution in [0.4, 0.5) is 10.1 Å². The first-order valence-electron chi connectivity index (χ1n) is 6.51. The first-order chi connectivity index (χ1) is 9.88. The molecule has 1 heterocycles. The van der Waals surface area contributed by atoms with Gasteiger partial charge in [0.15, 0.2) is 0 Å². The van der Waals surface area contributed by atoms with Crippen LogP contribution in [0.2, 0.25) is 0 Å². The molecule has 3 N–H and O–H groups in total. The summed E-state index contributed by atoms with van der Waals surface area (Å²) >= 11 is 0. The van der Waals surface area contributed by atoms with Gasteiger partial charge in [0.1, 0.15) is 5.82 Å². The number of hydrogen-bond donors (Lipinski definition) is 3. The first kappa shape index (κ1) is 15.0. The molecule has 21 heavy (non-hydrogen) atoms. The van der Waals surface area contributed by atoms with Gasteiger partial charge in [-0.25, -0.2) is 4.39 Å². The van der Waals surface area contributed by atoms with Crippen LogP contribution in [0, 0.1) is 11.7 Å². The smallest absolute Gasteiger partial charge is 0.308 e. The molecule has 6 nitrogen and oxygen atoms in total. The van der Waals surface area contributed by atoms with Gasteiger partial charge in [-0.05, 0) is 24.1 Å². The Hall–Kier alpha value is -2.44. The van der Waals surface area contributed by atoms with Crippen molar-refractivity contribution in [2.45, 2.75) is 19.8 Å². The molecule has 2 amide bonds. The van der Waals surface area contributed by atoms with Crippen molar-refractivity contribution in [1.29, 1.82) is 0 Å². The van der Waals surface area contributed by atoms with E-state index in [-0.39, 0.29) is 24.4 Å². The fraction of sp³-hybridized carbons (Fsp3) is 0.357. The molecule has 0 bridgehead atoms. The Bertz CT molecular complexity index is 615. The van der Waals surface area contributed by atoms with E-state index in [2.05, 4.69) is 10.6 Å². The predicted octanol–water partition coefficient (Wildman–Crippen LogP) is 1.16. The molecule has 1 aromatic carbocycles. The van der Waals surface area contributed by atoms with Gasteiger partial charge in [0.2, 0.25) is 5.91 Å². The maximum atomic E-state index is 13.9. The number of benzene rings is 1. The van der Waals surface area contributed by atoms with E-state index in [4.69, 9.17) is 5.11 Å². The van der Waals surface area contributed by atoms with Crippen molar-refractivity contribution in [2.75, 3.05) is 11.9 Å². The molecular weight excluding hydrogens is 279 g/mol. The van der Waals surface area contributed by atoms with E-state index < -0.39 is 23.6 Å². The number of carbonyl (C=O) groups excluding carboxylic acids is 2. The summed E-state index contributed by atoms with van der Waals surface area (Å²) < 4.78 is 13.9. The summed E-state index contributed by atoms with van der Waals surface area (Å²) in [4.78, 5) is 33.8.